The van der Waals surface area contributed by atoms with Gasteiger partial charge in [-0.25, -0.2) is 14.8 Å². The zero-order valence-corrected chi connectivity index (χ0v) is 10.3. The average molecular weight is 261 g/mol. The van der Waals surface area contributed by atoms with Crippen LogP contribution in [0, 0.1) is 6.92 Å². The highest BCUT2D eigenvalue weighted by molar-refractivity contribution is 6.08. The fourth-order valence-electron chi connectivity index (χ4n) is 1.46. The first-order chi connectivity index (χ1) is 9.00. The molecule has 2 heterocycles. The highest BCUT2D eigenvalue weighted by Crippen LogP contribution is 2.14. The van der Waals surface area contributed by atoms with Crippen LogP contribution in [-0.2, 0) is 7.05 Å². The van der Waals surface area contributed by atoms with E-state index < -0.39 is 11.9 Å². The van der Waals surface area contributed by atoms with E-state index in [1.165, 1.54) is 18.6 Å². The van der Waals surface area contributed by atoms with Gasteiger partial charge in [0.2, 0.25) is 0 Å². The van der Waals surface area contributed by atoms with Crippen molar-refractivity contribution in [2.24, 2.45) is 7.05 Å². The quantitative estimate of drug-likeness (QED) is 0.831. The summed E-state index contributed by atoms with van der Waals surface area (Å²) in [4.78, 5) is 30.3. The number of amides is 1. The minimum atomic E-state index is -1.30. The van der Waals surface area contributed by atoms with Crippen molar-refractivity contribution in [1.29, 1.82) is 0 Å². The Morgan fingerprint density at radius 3 is 2.42 bits per heavy atom. The van der Waals surface area contributed by atoms with Gasteiger partial charge < -0.3 is 10.4 Å². The highest BCUT2D eigenvalue weighted by atomic mass is 16.4. The van der Waals surface area contributed by atoms with Gasteiger partial charge in [0, 0.05) is 19.4 Å². The molecule has 0 unspecified atom stereocenters. The van der Waals surface area contributed by atoms with Crippen LogP contribution in [0.1, 0.15) is 26.7 Å². The van der Waals surface area contributed by atoms with E-state index in [2.05, 4.69) is 20.4 Å². The van der Waals surface area contributed by atoms with Crippen molar-refractivity contribution in [3.63, 3.8) is 0 Å². The first-order valence-electron chi connectivity index (χ1n) is 5.35. The molecule has 0 atom stereocenters. The predicted octanol–water partition coefficient (Wildman–Crippen LogP) is 0.469. The molecule has 0 aliphatic carbocycles. The lowest BCUT2D eigenvalue weighted by Gasteiger charge is -2.05. The van der Waals surface area contributed by atoms with E-state index in [4.69, 9.17) is 5.11 Å². The Balaban J connectivity index is 2.31. The van der Waals surface area contributed by atoms with Gasteiger partial charge in [-0.1, -0.05) is 0 Å². The number of carboxylic acid groups (broad SMARTS) is 1. The summed E-state index contributed by atoms with van der Waals surface area (Å²) in [6.07, 6.45) is 3.96. The number of nitrogens with zero attached hydrogens (tertiary/aromatic N) is 4. The van der Waals surface area contributed by atoms with Crippen LogP contribution >= 0.6 is 0 Å². The summed E-state index contributed by atoms with van der Waals surface area (Å²) in [6.45, 7) is 1.78. The van der Waals surface area contributed by atoms with Crippen LogP contribution in [0.5, 0.6) is 0 Å². The standard InChI is InChI=1S/C11H11N5O3/c1-6-7(5-14-16(6)2)15-10(17)8-9(11(18)19)13-4-3-12-8/h3-5H,1-2H3,(H,15,17)(H,18,19). The SMILES string of the molecule is Cc1c(NC(=O)c2nccnc2C(=O)O)cnn1C. The molecule has 2 N–H and O–H groups in total. The van der Waals surface area contributed by atoms with Crippen molar-refractivity contribution in [3.05, 3.63) is 35.7 Å². The number of carbonyl (C=O) groups excluding carboxylic acids is 1. The van der Waals surface area contributed by atoms with E-state index in [0.717, 1.165) is 5.69 Å². The maximum Gasteiger partial charge on any atom is 0.356 e. The molecule has 2 aromatic rings. The minimum absolute atomic E-state index is 0.238. The van der Waals surface area contributed by atoms with Gasteiger partial charge in [-0.3, -0.25) is 9.48 Å². The third-order valence-corrected chi connectivity index (χ3v) is 2.60. The normalized spacial score (nSPS) is 10.2. The minimum Gasteiger partial charge on any atom is -0.476 e. The number of nitrogens with one attached hydrogen (secondary N) is 1. The number of aromatic carboxylic acids is 1. The summed E-state index contributed by atoms with van der Waals surface area (Å²) < 4.78 is 1.59. The van der Waals surface area contributed by atoms with E-state index in [1.54, 1.807) is 18.7 Å². The van der Waals surface area contributed by atoms with Gasteiger partial charge >= 0.3 is 5.97 Å². The van der Waals surface area contributed by atoms with Crippen LogP contribution in [0.4, 0.5) is 5.69 Å². The number of carboxylic acids is 1. The smallest absolute Gasteiger partial charge is 0.356 e. The van der Waals surface area contributed by atoms with Crippen molar-refractivity contribution >= 4 is 17.6 Å². The molecule has 0 saturated heterocycles. The predicted molar refractivity (Wildman–Crippen MR) is 64.9 cm³/mol. The zero-order valence-electron chi connectivity index (χ0n) is 10.3. The maximum absolute atomic E-state index is 12.0. The lowest BCUT2D eigenvalue weighted by molar-refractivity contribution is 0.0685. The molecule has 0 aromatic carbocycles. The van der Waals surface area contributed by atoms with Crippen LogP contribution < -0.4 is 5.32 Å². The second-order valence-corrected chi connectivity index (χ2v) is 3.78. The molecule has 0 aliphatic rings. The highest BCUT2D eigenvalue weighted by Gasteiger charge is 2.20. The van der Waals surface area contributed by atoms with Crippen LogP contribution in [0.2, 0.25) is 0 Å². The van der Waals surface area contributed by atoms with Gasteiger partial charge in [0.15, 0.2) is 11.4 Å². The van der Waals surface area contributed by atoms with E-state index in [9.17, 15) is 9.59 Å². The first-order valence-corrected chi connectivity index (χ1v) is 5.35. The van der Waals surface area contributed by atoms with E-state index >= 15 is 0 Å². The van der Waals surface area contributed by atoms with Crippen molar-refractivity contribution in [2.45, 2.75) is 6.92 Å². The Bertz CT molecular complexity index is 650. The third kappa shape index (κ3) is 2.41. The Morgan fingerprint density at radius 1 is 1.26 bits per heavy atom. The number of aromatic nitrogens is 4. The summed E-state index contributed by atoms with van der Waals surface area (Å²) in [5, 5.41) is 15.5. The Kier molecular flexibility index (Phi) is 3.23. The summed E-state index contributed by atoms with van der Waals surface area (Å²) in [5.74, 6) is -1.94. The number of carbonyl (C=O) groups is 2. The van der Waals surface area contributed by atoms with E-state index in [0.29, 0.717) is 5.69 Å². The third-order valence-electron chi connectivity index (χ3n) is 2.60. The molecule has 8 heteroatoms. The summed E-state index contributed by atoms with van der Waals surface area (Å²) in [7, 11) is 1.73. The van der Waals surface area contributed by atoms with Gasteiger partial charge in [0.25, 0.3) is 5.91 Å². The number of aryl methyl sites for hydroxylation is 1. The fraction of sp³-hybridized carbons (Fsp3) is 0.182. The van der Waals surface area contributed by atoms with Gasteiger partial charge in [-0.2, -0.15) is 5.10 Å². The Morgan fingerprint density at radius 2 is 1.89 bits per heavy atom. The Hall–Kier alpha value is -2.77. The maximum atomic E-state index is 12.0. The lowest BCUT2D eigenvalue weighted by Crippen LogP contribution is -2.19. The molecule has 0 spiro atoms. The molecule has 0 radical (unpaired) electrons. The molecule has 8 nitrogen and oxygen atoms in total. The summed E-state index contributed by atoms with van der Waals surface area (Å²) >= 11 is 0. The molecule has 2 aromatic heterocycles. The van der Waals surface area contributed by atoms with E-state index in [-0.39, 0.29) is 11.4 Å². The van der Waals surface area contributed by atoms with Crippen LogP contribution in [0.3, 0.4) is 0 Å². The second kappa shape index (κ2) is 4.84. The summed E-state index contributed by atoms with van der Waals surface area (Å²) in [5.41, 5.74) is 0.614. The van der Waals surface area contributed by atoms with Crippen molar-refractivity contribution in [2.75, 3.05) is 5.32 Å². The van der Waals surface area contributed by atoms with Gasteiger partial charge in [-0.15, -0.1) is 0 Å². The van der Waals surface area contributed by atoms with E-state index in [1.807, 2.05) is 0 Å². The lowest BCUT2D eigenvalue weighted by atomic mass is 10.2. The fourth-order valence-corrected chi connectivity index (χ4v) is 1.46. The molecule has 0 fully saturated rings. The molecular weight excluding hydrogens is 250 g/mol. The van der Waals surface area contributed by atoms with Crippen LogP contribution in [0.15, 0.2) is 18.6 Å². The van der Waals surface area contributed by atoms with Crippen molar-refractivity contribution < 1.29 is 14.7 Å². The summed E-state index contributed by atoms with van der Waals surface area (Å²) in [6, 6.07) is 0. The first kappa shape index (κ1) is 12.7. The van der Waals surface area contributed by atoms with Crippen LogP contribution in [-0.4, -0.2) is 36.7 Å². The molecule has 0 bridgehead atoms. The van der Waals surface area contributed by atoms with Gasteiger partial charge in [-0.05, 0) is 6.92 Å². The van der Waals surface area contributed by atoms with Crippen molar-refractivity contribution in [3.8, 4) is 0 Å². The molecular formula is C11H11N5O3. The topological polar surface area (TPSA) is 110 Å². The molecule has 1 amide bonds. The molecule has 0 aliphatic heterocycles. The number of rotatable bonds is 3. The molecule has 19 heavy (non-hydrogen) atoms. The Labute approximate surface area is 108 Å². The van der Waals surface area contributed by atoms with Crippen LogP contribution in [0.25, 0.3) is 0 Å². The largest absolute Gasteiger partial charge is 0.476 e. The number of hydrogen-bond donors (Lipinski definition) is 2. The average Bonchev–Trinajstić information content (AvgIpc) is 2.70. The van der Waals surface area contributed by atoms with Crippen molar-refractivity contribution in [1.82, 2.24) is 19.7 Å². The van der Waals surface area contributed by atoms with Gasteiger partial charge in [0.05, 0.1) is 17.6 Å². The molecule has 0 saturated carbocycles. The monoisotopic (exact) mass is 261 g/mol. The second-order valence-electron chi connectivity index (χ2n) is 3.78. The number of hydrogen-bond acceptors (Lipinski definition) is 5. The molecule has 2 rings (SSSR count). The zero-order chi connectivity index (χ0) is 14.0. The number of anilines is 1. The molecule has 98 valence electrons. The van der Waals surface area contributed by atoms with Gasteiger partial charge in [0.1, 0.15) is 0 Å².